The molecular weight excluding hydrogens is 318 g/mol. The normalized spacial score (nSPS) is 11.7. The number of hydrogen-bond donors (Lipinski definition) is 1. The number of imidazole rings is 1. The molecule has 0 aliphatic carbocycles. The van der Waals surface area contributed by atoms with Gasteiger partial charge in [0.05, 0.1) is 11.4 Å². The summed E-state index contributed by atoms with van der Waals surface area (Å²) >= 11 is 3.25. The third-order valence-corrected chi connectivity index (χ3v) is 4.34. The van der Waals surface area contributed by atoms with Gasteiger partial charge in [-0.3, -0.25) is 0 Å². The summed E-state index contributed by atoms with van der Waals surface area (Å²) in [6, 6.07) is 6.56. The van der Waals surface area contributed by atoms with Gasteiger partial charge in [-0.1, -0.05) is 22.0 Å². The van der Waals surface area contributed by atoms with Crippen molar-refractivity contribution in [3.05, 3.63) is 47.0 Å². The summed E-state index contributed by atoms with van der Waals surface area (Å²) < 4.78 is 29.0. The second kappa shape index (κ2) is 5.21. The van der Waals surface area contributed by atoms with E-state index in [-0.39, 0.29) is 11.4 Å². The third kappa shape index (κ3) is 2.98. The number of nitrogens with zero attached hydrogens (tertiary/aromatic N) is 2. The van der Waals surface area contributed by atoms with Gasteiger partial charge >= 0.3 is 0 Å². The molecule has 0 saturated heterocycles. The zero-order valence-corrected chi connectivity index (χ0v) is 12.1. The Kier molecular flexibility index (Phi) is 3.84. The van der Waals surface area contributed by atoms with E-state index in [9.17, 15) is 8.42 Å². The molecule has 0 bridgehead atoms. The van der Waals surface area contributed by atoms with Gasteiger partial charge in [0.15, 0.2) is 0 Å². The third-order valence-electron chi connectivity index (χ3n) is 2.45. The predicted molar refractivity (Wildman–Crippen MR) is 71.4 cm³/mol. The van der Waals surface area contributed by atoms with Crippen LogP contribution in [0.15, 0.2) is 46.0 Å². The molecule has 1 aromatic carbocycles. The first-order chi connectivity index (χ1) is 8.49. The van der Waals surface area contributed by atoms with E-state index in [1.54, 1.807) is 41.2 Å². The molecule has 0 atom stereocenters. The molecule has 0 radical (unpaired) electrons. The minimum absolute atomic E-state index is 0.165. The molecular formula is C11H12BrN3O2S. The Morgan fingerprint density at radius 2 is 2.22 bits per heavy atom. The second-order valence-corrected chi connectivity index (χ2v) is 6.42. The minimum Gasteiger partial charge on any atom is -0.337 e. The zero-order chi connectivity index (χ0) is 13.2. The van der Waals surface area contributed by atoms with Crippen molar-refractivity contribution in [2.24, 2.45) is 7.05 Å². The van der Waals surface area contributed by atoms with Crippen LogP contribution in [0.3, 0.4) is 0 Å². The van der Waals surface area contributed by atoms with E-state index < -0.39 is 10.0 Å². The van der Waals surface area contributed by atoms with Crippen molar-refractivity contribution >= 4 is 26.0 Å². The highest BCUT2D eigenvalue weighted by Crippen LogP contribution is 2.16. The Morgan fingerprint density at radius 1 is 1.44 bits per heavy atom. The van der Waals surface area contributed by atoms with Crippen LogP contribution in [0.1, 0.15) is 5.82 Å². The van der Waals surface area contributed by atoms with E-state index in [4.69, 9.17) is 0 Å². The minimum atomic E-state index is -3.51. The number of benzene rings is 1. The van der Waals surface area contributed by atoms with E-state index in [0.29, 0.717) is 5.82 Å². The van der Waals surface area contributed by atoms with E-state index >= 15 is 0 Å². The molecule has 2 rings (SSSR count). The van der Waals surface area contributed by atoms with E-state index in [1.165, 1.54) is 0 Å². The van der Waals surface area contributed by atoms with Crippen molar-refractivity contribution in [1.82, 2.24) is 14.3 Å². The molecule has 0 amide bonds. The summed E-state index contributed by atoms with van der Waals surface area (Å²) in [7, 11) is -1.69. The van der Waals surface area contributed by atoms with Gasteiger partial charge in [0, 0.05) is 23.9 Å². The Morgan fingerprint density at radius 3 is 2.83 bits per heavy atom. The van der Waals surface area contributed by atoms with Crippen molar-refractivity contribution < 1.29 is 8.42 Å². The van der Waals surface area contributed by atoms with Crippen LogP contribution in [0, 0.1) is 0 Å². The summed E-state index contributed by atoms with van der Waals surface area (Å²) in [6.45, 7) is 0.165. The van der Waals surface area contributed by atoms with Crippen LogP contribution < -0.4 is 4.72 Å². The highest BCUT2D eigenvalue weighted by atomic mass is 79.9. The number of nitrogens with one attached hydrogen (secondary N) is 1. The maximum Gasteiger partial charge on any atom is 0.241 e. The van der Waals surface area contributed by atoms with Crippen LogP contribution in [0.5, 0.6) is 0 Å². The molecule has 1 N–H and O–H groups in total. The molecule has 0 aliphatic heterocycles. The lowest BCUT2D eigenvalue weighted by molar-refractivity contribution is 0.577. The lowest BCUT2D eigenvalue weighted by Gasteiger charge is -2.07. The first-order valence-electron chi connectivity index (χ1n) is 5.20. The molecule has 1 heterocycles. The molecule has 0 aliphatic rings. The topological polar surface area (TPSA) is 64.0 Å². The smallest absolute Gasteiger partial charge is 0.241 e. The van der Waals surface area contributed by atoms with Crippen molar-refractivity contribution in [2.45, 2.75) is 11.4 Å². The molecule has 7 heteroatoms. The first-order valence-corrected chi connectivity index (χ1v) is 7.48. The highest BCUT2D eigenvalue weighted by Gasteiger charge is 2.14. The SMILES string of the molecule is Cn1ccnc1CNS(=O)(=O)c1cccc(Br)c1. The summed E-state index contributed by atoms with van der Waals surface area (Å²) in [4.78, 5) is 4.28. The summed E-state index contributed by atoms with van der Waals surface area (Å²) in [5.41, 5.74) is 0. The maximum atomic E-state index is 12.0. The van der Waals surface area contributed by atoms with Crippen LogP contribution in [0.25, 0.3) is 0 Å². The number of sulfonamides is 1. The fourth-order valence-corrected chi connectivity index (χ4v) is 3.02. The van der Waals surface area contributed by atoms with Gasteiger partial charge in [0.2, 0.25) is 10.0 Å². The number of aryl methyl sites for hydroxylation is 1. The molecule has 0 unspecified atom stereocenters. The van der Waals surface area contributed by atoms with Gasteiger partial charge in [-0.15, -0.1) is 0 Å². The molecule has 18 heavy (non-hydrogen) atoms. The fourth-order valence-electron chi connectivity index (χ4n) is 1.44. The standard InChI is InChI=1S/C11H12BrN3O2S/c1-15-6-5-13-11(15)8-14-18(16,17)10-4-2-3-9(12)7-10/h2-7,14H,8H2,1H3. The molecule has 0 fully saturated rings. The van der Waals surface area contributed by atoms with Gasteiger partial charge in [-0.2, -0.15) is 0 Å². The summed E-state index contributed by atoms with van der Waals surface area (Å²) in [5.74, 6) is 0.661. The monoisotopic (exact) mass is 329 g/mol. The van der Waals surface area contributed by atoms with E-state index in [1.807, 2.05) is 7.05 Å². The highest BCUT2D eigenvalue weighted by molar-refractivity contribution is 9.10. The Bertz CT molecular complexity index is 652. The summed E-state index contributed by atoms with van der Waals surface area (Å²) in [5, 5.41) is 0. The van der Waals surface area contributed by atoms with Crippen molar-refractivity contribution in [2.75, 3.05) is 0 Å². The van der Waals surface area contributed by atoms with Gasteiger partial charge < -0.3 is 4.57 Å². The molecule has 5 nitrogen and oxygen atoms in total. The molecule has 2 aromatic rings. The average molecular weight is 330 g/mol. The fraction of sp³-hybridized carbons (Fsp3) is 0.182. The molecule has 0 saturated carbocycles. The lowest BCUT2D eigenvalue weighted by atomic mass is 10.4. The Hall–Kier alpha value is -1.18. The van der Waals surface area contributed by atoms with Gasteiger partial charge in [-0.25, -0.2) is 18.1 Å². The summed E-state index contributed by atoms with van der Waals surface area (Å²) in [6.07, 6.45) is 3.39. The number of rotatable bonds is 4. The van der Waals surface area contributed by atoms with Crippen molar-refractivity contribution in [1.29, 1.82) is 0 Å². The van der Waals surface area contributed by atoms with Gasteiger partial charge in [-0.05, 0) is 18.2 Å². The lowest BCUT2D eigenvalue weighted by Crippen LogP contribution is -2.24. The van der Waals surface area contributed by atoms with E-state index in [2.05, 4.69) is 25.6 Å². The number of aromatic nitrogens is 2. The first kappa shape index (κ1) is 13.3. The number of halogens is 1. The van der Waals surface area contributed by atoms with Crippen LogP contribution in [0.4, 0.5) is 0 Å². The zero-order valence-electron chi connectivity index (χ0n) is 9.67. The van der Waals surface area contributed by atoms with E-state index in [0.717, 1.165) is 4.47 Å². The Labute approximate surface area is 114 Å². The maximum absolute atomic E-state index is 12.0. The quantitative estimate of drug-likeness (QED) is 0.927. The van der Waals surface area contributed by atoms with Crippen LogP contribution in [-0.4, -0.2) is 18.0 Å². The van der Waals surface area contributed by atoms with Crippen molar-refractivity contribution in [3.63, 3.8) is 0 Å². The number of hydrogen-bond acceptors (Lipinski definition) is 3. The largest absolute Gasteiger partial charge is 0.337 e. The molecule has 96 valence electrons. The van der Waals surface area contributed by atoms with Crippen molar-refractivity contribution in [3.8, 4) is 0 Å². The van der Waals surface area contributed by atoms with Crippen LogP contribution in [0.2, 0.25) is 0 Å². The molecule has 0 spiro atoms. The molecule has 1 aromatic heterocycles. The second-order valence-electron chi connectivity index (χ2n) is 3.74. The van der Waals surface area contributed by atoms with Crippen LogP contribution >= 0.6 is 15.9 Å². The van der Waals surface area contributed by atoms with Gasteiger partial charge in [0.1, 0.15) is 5.82 Å². The average Bonchev–Trinajstić information content (AvgIpc) is 2.72. The van der Waals surface area contributed by atoms with Crippen LogP contribution in [-0.2, 0) is 23.6 Å². The predicted octanol–water partition coefficient (Wildman–Crippen LogP) is 1.66. The Balaban J connectivity index is 2.16. The van der Waals surface area contributed by atoms with Gasteiger partial charge in [0.25, 0.3) is 0 Å².